The minimum absolute atomic E-state index is 0.184. The molecule has 0 aliphatic carbocycles. The molecule has 0 bridgehead atoms. The van der Waals surface area contributed by atoms with Crippen LogP contribution in [0.3, 0.4) is 0 Å². The first-order valence-electron chi connectivity index (χ1n) is 5.75. The van der Waals surface area contributed by atoms with Gasteiger partial charge in [0, 0.05) is 19.8 Å². The lowest BCUT2D eigenvalue weighted by Gasteiger charge is -2.02. The molecule has 1 aliphatic rings. The van der Waals surface area contributed by atoms with Gasteiger partial charge in [0.2, 0.25) is 5.90 Å². The molecular formula is C14H6BrCl2NO2S. The summed E-state index contributed by atoms with van der Waals surface area (Å²) in [5, 5.41) is 2.81. The van der Waals surface area contributed by atoms with Crippen molar-refractivity contribution in [2.45, 2.75) is 0 Å². The van der Waals surface area contributed by atoms with Gasteiger partial charge in [-0.05, 0) is 46.3 Å². The molecule has 1 aliphatic heterocycles. The number of aliphatic imine (C=N–C) groups is 1. The highest BCUT2D eigenvalue weighted by molar-refractivity contribution is 9.10. The fourth-order valence-electron chi connectivity index (χ4n) is 1.73. The molecule has 0 fully saturated rings. The molecular weight excluding hydrogens is 397 g/mol. The topological polar surface area (TPSA) is 38.7 Å². The highest BCUT2D eigenvalue weighted by Crippen LogP contribution is 2.28. The average Bonchev–Trinajstić information content (AvgIpc) is 2.97. The lowest BCUT2D eigenvalue weighted by Crippen LogP contribution is -2.05. The van der Waals surface area contributed by atoms with E-state index in [1.807, 2.05) is 11.4 Å². The van der Waals surface area contributed by atoms with Crippen LogP contribution in [0.15, 0.2) is 44.8 Å². The summed E-state index contributed by atoms with van der Waals surface area (Å²) in [6, 6.07) is 6.80. The van der Waals surface area contributed by atoms with Gasteiger partial charge in [-0.1, -0.05) is 23.2 Å². The Labute approximate surface area is 143 Å². The van der Waals surface area contributed by atoms with Crippen molar-refractivity contribution in [3.63, 3.8) is 0 Å². The lowest BCUT2D eigenvalue weighted by atomic mass is 10.2. The van der Waals surface area contributed by atoms with Gasteiger partial charge in [-0.25, -0.2) is 9.79 Å². The van der Waals surface area contributed by atoms with Gasteiger partial charge in [-0.3, -0.25) is 0 Å². The number of cyclic esters (lactones) is 1. The maximum atomic E-state index is 11.9. The van der Waals surface area contributed by atoms with Crippen LogP contribution in [0, 0.1) is 0 Å². The van der Waals surface area contributed by atoms with Crippen LogP contribution in [0.4, 0.5) is 0 Å². The van der Waals surface area contributed by atoms with Crippen molar-refractivity contribution in [2.75, 3.05) is 0 Å². The Morgan fingerprint density at radius 3 is 2.76 bits per heavy atom. The van der Waals surface area contributed by atoms with Crippen LogP contribution >= 0.6 is 50.5 Å². The zero-order valence-corrected chi connectivity index (χ0v) is 14.2. The normalized spacial score (nSPS) is 16.2. The number of carbonyl (C=O) groups is 1. The molecule has 0 saturated carbocycles. The molecule has 2 heterocycles. The van der Waals surface area contributed by atoms with Crippen molar-refractivity contribution in [3.05, 3.63) is 60.3 Å². The predicted molar refractivity (Wildman–Crippen MR) is 89.1 cm³/mol. The van der Waals surface area contributed by atoms with Crippen LogP contribution < -0.4 is 0 Å². The van der Waals surface area contributed by atoms with Crippen LogP contribution in [0.1, 0.15) is 10.4 Å². The van der Waals surface area contributed by atoms with Crippen LogP contribution in [0.25, 0.3) is 6.08 Å². The number of rotatable bonds is 2. The molecule has 1 aromatic heterocycles. The molecule has 2 aromatic rings. The Hall–Kier alpha value is -1.14. The van der Waals surface area contributed by atoms with E-state index in [0.717, 1.165) is 9.35 Å². The van der Waals surface area contributed by atoms with E-state index >= 15 is 0 Å². The van der Waals surface area contributed by atoms with E-state index in [9.17, 15) is 4.79 Å². The number of hydrogen-bond donors (Lipinski definition) is 0. The van der Waals surface area contributed by atoms with Crippen molar-refractivity contribution in [2.24, 2.45) is 4.99 Å². The zero-order valence-electron chi connectivity index (χ0n) is 10.3. The Balaban J connectivity index is 1.97. The summed E-state index contributed by atoms with van der Waals surface area (Å²) in [7, 11) is 0. The van der Waals surface area contributed by atoms with Crippen molar-refractivity contribution < 1.29 is 9.53 Å². The van der Waals surface area contributed by atoms with E-state index in [2.05, 4.69) is 20.9 Å². The summed E-state index contributed by atoms with van der Waals surface area (Å²) < 4.78 is 6.12. The molecule has 0 unspecified atom stereocenters. The second-order valence-electron chi connectivity index (χ2n) is 4.13. The Morgan fingerprint density at radius 1 is 1.29 bits per heavy atom. The number of carbonyl (C=O) groups excluding carboxylic acids is 1. The van der Waals surface area contributed by atoms with Gasteiger partial charge < -0.3 is 4.74 Å². The second-order valence-corrected chi connectivity index (χ2v) is 6.83. The number of hydrogen-bond acceptors (Lipinski definition) is 4. The molecule has 0 spiro atoms. The first-order chi connectivity index (χ1) is 10.0. The fraction of sp³-hybridized carbons (Fsp3) is 0. The van der Waals surface area contributed by atoms with Gasteiger partial charge in [0.05, 0.1) is 10.6 Å². The smallest absolute Gasteiger partial charge is 0.363 e. The lowest BCUT2D eigenvalue weighted by molar-refractivity contribution is -0.129. The predicted octanol–water partition coefficient (Wildman–Crippen LogP) is 5.16. The van der Waals surface area contributed by atoms with Gasteiger partial charge in [-0.2, -0.15) is 0 Å². The van der Waals surface area contributed by atoms with Gasteiger partial charge in [0.25, 0.3) is 0 Å². The van der Waals surface area contributed by atoms with E-state index in [0.29, 0.717) is 15.6 Å². The molecule has 0 N–H and O–H groups in total. The summed E-state index contributed by atoms with van der Waals surface area (Å²) >= 11 is 16.8. The molecule has 0 atom stereocenters. The van der Waals surface area contributed by atoms with Gasteiger partial charge >= 0.3 is 5.97 Å². The summed E-state index contributed by atoms with van der Waals surface area (Å²) in [4.78, 5) is 17.0. The van der Waals surface area contributed by atoms with Crippen LogP contribution in [0.5, 0.6) is 0 Å². The molecule has 3 rings (SSSR count). The average molecular weight is 403 g/mol. The maximum absolute atomic E-state index is 11.9. The Morgan fingerprint density at radius 2 is 2.10 bits per heavy atom. The summed E-state index contributed by atoms with van der Waals surface area (Å²) in [6.07, 6.45) is 1.68. The quantitative estimate of drug-likeness (QED) is 0.513. The standard InChI is InChI=1S/C14H6BrCl2NO2S/c15-7-3-9(21-6-7)5-12-14(19)20-13(18-12)10-2-1-8(16)4-11(10)17/h1-6H/b12-5-. The van der Waals surface area contributed by atoms with Gasteiger partial charge in [0.1, 0.15) is 0 Å². The number of nitrogens with zero attached hydrogens (tertiary/aromatic N) is 1. The van der Waals surface area contributed by atoms with E-state index < -0.39 is 5.97 Å². The van der Waals surface area contributed by atoms with Crippen molar-refractivity contribution in [1.29, 1.82) is 0 Å². The molecule has 7 heteroatoms. The summed E-state index contributed by atoms with van der Waals surface area (Å²) in [6.45, 7) is 0. The van der Waals surface area contributed by atoms with Crippen molar-refractivity contribution in [1.82, 2.24) is 0 Å². The first-order valence-corrected chi connectivity index (χ1v) is 8.18. The number of thiophene rings is 1. The fourth-order valence-corrected chi connectivity index (χ4v) is 3.59. The third kappa shape index (κ3) is 3.21. The van der Waals surface area contributed by atoms with Crippen LogP contribution in [-0.2, 0) is 9.53 Å². The molecule has 3 nitrogen and oxygen atoms in total. The van der Waals surface area contributed by atoms with E-state index in [1.54, 1.807) is 24.3 Å². The highest BCUT2D eigenvalue weighted by Gasteiger charge is 2.25. The zero-order chi connectivity index (χ0) is 15.0. The number of halogens is 3. The molecule has 0 amide bonds. The molecule has 1 aromatic carbocycles. The number of ether oxygens (including phenoxy) is 1. The maximum Gasteiger partial charge on any atom is 0.363 e. The Bertz CT molecular complexity index is 798. The molecule has 0 saturated heterocycles. The number of esters is 1. The molecule has 106 valence electrons. The van der Waals surface area contributed by atoms with Crippen molar-refractivity contribution >= 4 is 68.4 Å². The summed E-state index contributed by atoms with van der Waals surface area (Å²) in [5.74, 6) is -0.316. The van der Waals surface area contributed by atoms with Gasteiger partial charge in [0.15, 0.2) is 5.70 Å². The third-order valence-corrected chi connectivity index (χ3v) is 4.84. The van der Waals surface area contributed by atoms with Crippen LogP contribution in [0.2, 0.25) is 10.0 Å². The van der Waals surface area contributed by atoms with E-state index in [4.69, 9.17) is 27.9 Å². The SMILES string of the molecule is O=C1OC(c2ccc(Cl)cc2Cl)=N/C1=C\c1cc(Br)cs1. The largest absolute Gasteiger partial charge is 0.402 e. The highest BCUT2D eigenvalue weighted by atomic mass is 79.9. The second kappa shape index (κ2) is 5.93. The van der Waals surface area contributed by atoms with Crippen LogP contribution in [-0.4, -0.2) is 11.9 Å². The number of benzene rings is 1. The first kappa shape index (κ1) is 14.8. The third-order valence-electron chi connectivity index (χ3n) is 2.65. The Kier molecular flexibility index (Phi) is 4.17. The van der Waals surface area contributed by atoms with E-state index in [1.165, 1.54) is 11.3 Å². The van der Waals surface area contributed by atoms with E-state index in [-0.39, 0.29) is 11.6 Å². The minimum atomic E-state index is -0.500. The summed E-state index contributed by atoms with van der Waals surface area (Å²) in [5.41, 5.74) is 0.774. The molecule has 21 heavy (non-hydrogen) atoms. The minimum Gasteiger partial charge on any atom is -0.402 e. The molecule has 0 radical (unpaired) electrons. The monoisotopic (exact) mass is 401 g/mol. The van der Waals surface area contributed by atoms with Gasteiger partial charge in [-0.15, -0.1) is 11.3 Å². The van der Waals surface area contributed by atoms with Crippen molar-refractivity contribution in [3.8, 4) is 0 Å².